The van der Waals surface area contributed by atoms with Crippen LogP contribution in [0.1, 0.15) is 6.42 Å². The fourth-order valence-electron chi connectivity index (χ4n) is 1.55. The molecule has 0 amide bonds. The maximum atomic E-state index is 5.40. The molecule has 0 aromatic heterocycles. The van der Waals surface area contributed by atoms with Crippen molar-refractivity contribution in [2.24, 2.45) is 0 Å². The molecule has 17 heavy (non-hydrogen) atoms. The quantitative estimate of drug-likeness (QED) is 0.582. The van der Waals surface area contributed by atoms with E-state index in [2.05, 4.69) is 0 Å². The standard InChI is InChI=1S/C8H10BO2.C5H5.Fe/c1-2-5-8(4-1)9-10-6-3-7-11-9;1-2-4-5-3-1;/h1-2,4-5H,3,6-7H2;1-5H;/q2*-1;. The van der Waals surface area contributed by atoms with E-state index >= 15 is 0 Å². The van der Waals surface area contributed by atoms with E-state index in [9.17, 15) is 0 Å². The van der Waals surface area contributed by atoms with Gasteiger partial charge in [0.15, 0.2) is 0 Å². The van der Waals surface area contributed by atoms with Gasteiger partial charge in [-0.05, 0) is 6.42 Å². The molecule has 0 atom stereocenters. The Morgan fingerprint density at radius 3 is 2.18 bits per heavy atom. The molecule has 1 aliphatic heterocycles. The third-order valence-corrected chi connectivity index (χ3v) is 2.34. The third kappa shape index (κ3) is 4.92. The second kappa shape index (κ2) is 8.32. The molecule has 0 N–H and O–H groups in total. The summed E-state index contributed by atoms with van der Waals surface area (Å²) in [6.45, 7) is 1.63. The minimum atomic E-state index is -0.112. The van der Waals surface area contributed by atoms with Gasteiger partial charge in [-0.1, -0.05) is 0 Å². The molecule has 0 saturated carbocycles. The summed E-state index contributed by atoms with van der Waals surface area (Å²) in [6.07, 6.45) is 1.01. The number of rotatable bonds is 1. The molecule has 92 valence electrons. The monoisotopic (exact) mass is 270 g/mol. The minimum absolute atomic E-state index is 0. The van der Waals surface area contributed by atoms with Crippen LogP contribution in [0.25, 0.3) is 0 Å². The van der Waals surface area contributed by atoms with Crippen LogP contribution in [-0.4, -0.2) is 20.3 Å². The van der Waals surface area contributed by atoms with Crippen molar-refractivity contribution in [1.82, 2.24) is 0 Å². The van der Waals surface area contributed by atoms with Crippen molar-refractivity contribution in [3.63, 3.8) is 0 Å². The summed E-state index contributed by atoms with van der Waals surface area (Å²) in [6, 6.07) is 18.0. The van der Waals surface area contributed by atoms with Crippen molar-refractivity contribution in [1.29, 1.82) is 0 Å². The van der Waals surface area contributed by atoms with Crippen LogP contribution in [0.4, 0.5) is 0 Å². The summed E-state index contributed by atoms with van der Waals surface area (Å²) >= 11 is 0. The van der Waals surface area contributed by atoms with Crippen LogP contribution in [-0.2, 0) is 26.4 Å². The average molecular weight is 270 g/mol. The van der Waals surface area contributed by atoms with Gasteiger partial charge in [0, 0.05) is 30.3 Å². The summed E-state index contributed by atoms with van der Waals surface area (Å²) in [5.74, 6) is 0. The first-order valence-corrected chi connectivity index (χ1v) is 5.58. The molecule has 1 saturated heterocycles. The molecule has 0 bridgehead atoms. The Morgan fingerprint density at radius 2 is 1.71 bits per heavy atom. The summed E-state index contributed by atoms with van der Waals surface area (Å²) < 4.78 is 10.8. The largest absolute Gasteiger partial charge is 0.418 e. The molecule has 2 aromatic rings. The van der Waals surface area contributed by atoms with Gasteiger partial charge < -0.3 is 9.31 Å². The minimum Gasteiger partial charge on any atom is -0.418 e. The van der Waals surface area contributed by atoms with Gasteiger partial charge in [0.05, 0.1) is 0 Å². The van der Waals surface area contributed by atoms with Gasteiger partial charge in [0.2, 0.25) is 0 Å². The third-order valence-electron chi connectivity index (χ3n) is 2.34. The average Bonchev–Trinajstić information content (AvgIpc) is 3.07. The molecule has 2 aromatic carbocycles. The fraction of sp³-hybridized carbons (Fsp3) is 0.231. The molecule has 0 radical (unpaired) electrons. The van der Waals surface area contributed by atoms with Gasteiger partial charge in [-0.3, -0.25) is 0 Å². The SMILES string of the molecule is [Fe].c1cc(B2OCCCO2)c[cH-]1.c1cc[cH-]c1. The Morgan fingerprint density at radius 1 is 1.00 bits per heavy atom. The van der Waals surface area contributed by atoms with E-state index in [1.165, 1.54) is 0 Å². The molecule has 0 aliphatic carbocycles. The predicted octanol–water partition coefficient (Wildman–Crippen LogP) is 1.94. The maximum Gasteiger partial charge on any atom is 0.406 e. The van der Waals surface area contributed by atoms with Crippen LogP contribution in [0, 0.1) is 0 Å². The van der Waals surface area contributed by atoms with Crippen molar-refractivity contribution in [3.8, 4) is 0 Å². The number of hydrogen-bond acceptors (Lipinski definition) is 2. The van der Waals surface area contributed by atoms with Crippen LogP contribution >= 0.6 is 0 Å². The van der Waals surface area contributed by atoms with Crippen molar-refractivity contribution in [3.05, 3.63) is 54.6 Å². The van der Waals surface area contributed by atoms with Crippen molar-refractivity contribution >= 4 is 12.6 Å². The van der Waals surface area contributed by atoms with Crippen LogP contribution in [0.2, 0.25) is 0 Å². The van der Waals surface area contributed by atoms with Crippen LogP contribution in [0.15, 0.2) is 54.6 Å². The van der Waals surface area contributed by atoms with E-state index < -0.39 is 0 Å². The molecular weight excluding hydrogens is 255 g/mol. The summed E-state index contributed by atoms with van der Waals surface area (Å²) in [5.41, 5.74) is 1.13. The Kier molecular flexibility index (Phi) is 6.98. The second-order valence-corrected chi connectivity index (χ2v) is 3.61. The first-order valence-electron chi connectivity index (χ1n) is 5.58. The van der Waals surface area contributed by atoms with Crippen LogP contribution < -0.4 is 5.46 Å². The number of hydrogen-bond donors (Lipinski definition) is 0. The van der Waals surface area contributed by atoms with Gasteiger partial charge in [-0.2, -0.15) is 41.9 Å². The molecule has 1 heterocycles. The van der Waals surface area contributed by atoms with Crippen molar-refractivity contribution in [2.75, 3.05) is 13.2 Å². The Labute approximate surface area is 113 Å². The Bertz CT molecular complexity index is 335. The normalized spacial score (nSPS) is 14.5. The summed E-state index contributed by atoms with van der Waals surface area (Å²) in [7, 11) is -0.112. The zero-order valence-electron chi connectivity index (χ0n) is 9.56. The molecule has 0 unspecified atom stereocenters. The molecule has 1 fully saturated rings. The molecule has 3 rings (SSSR count). The molecular formula is C13H15BFeO2-2. The van der Waals surface area contributed by atoms with Crippen molar-refractivity contribution in [2.45, 2.75) is 6.42 Å². The molecule has 2 nitrogen and oxygen atoms in total. The Balaban J connectivity index is 0.000000205. The van der Waals surface area contributed by atoms with E-state index in [1.54, 1.807) is 0 Å². The first kappa shape index (κ1) is 14.3. The van der Waals surface area contributed by atoms with Gasteiger partial charge >= 0.3 is 7.12 Å². The zero-order chi connectivity index (χ0) is 11.1. The van der Waals surface area contributed by atoms with E-state index in [-0.39, 0.29) is 24.2 Å². The van der Waals surface area contributed by atoms with Gasteiger partial charge in [0.1, 0.15) is 0 Å². The molecule has 0 spiro atoms. The zero-order valence-corrected chi connectivity index (χ0v) is 10.7. The first-order chi connectivity index (χ1) is 7.97. The smallest absolute Gasteiger partial charge is 0.406 e. The molecule has 4 heteroatoms. The molecule has 1 aliphatic rings. The van der Waals surface area contributed by atoms with Crippen LogP contribution in [0.5, 0.6) is 0 Å². The van der Waals surface area contributed by atoms with E-state index in [0.717, 1.165) is 25.1 Å². The predicted molar refractivity (Wildman–Crippen MR) is 66.0 cm³/mol. The second-order valence-electron chi connectivity index (χ2n) is 3.61. The van der Waals surface area contributed by atoms with Gasteiger partial charge in [-0.15, -0.1) is 0 Å². The van der Waals surface area contributed by atoms with E-state index in [0.29, 0.717) is 0 Å². The van der Waals surface area contributed by atoms with Gasteiger partial charge in [-0.25, -0.2) is 18.2 Å². The fourth-order valence-corrected chi connectivity index (χ4v) is 1.55. The topological polar surface area (TPSA) is 18.5 Å². The van der Waals surface area contributed by atoms with E-state index in [4.69, 9.17) is 9.31 Å². The summed E-state index contributed by atoms with van der Waals surface area (Å²) in [5, 5.41) is 0. The maximum absolute atomic E-state index is 5.40. The Hall–Kier alpha value is -0.796. The summed E-state index contributed by atoms with van der Waals surface area (Å²) in [4.78, 5) is 0. The van der Waals surface area contributed by atoms with Gasteiger partial charge in [0.25, 0.3) is 0 Å². The van der Waals surface area contributed by atoms with Crippen LogP contribution in [0.3, 0.4) is 0 Å². The van der Waals surface area contributed by atoms with E-state index in [1.807, 2.05) is 54.6 Å². The van der Waals surface area contributed by atoms with Crippen molar-refractivity contribution < 1.29 is 26.4 Å².